The lowest BCUT2D eigenvalue weighted by Crippen LogP contribution is -2.38. The molecule has 5 nitrogen and oxygen atoms in total. The number of benzene rings is 1. The second-order valence-corrected chi connectivity index (χ2v) is 5.65. The standard InChI is InChI=1S/C14H20ClN3O2/c1-9(19)10-4-6-18(7-5-10)13-8-11(15)2-3-12(13)14(16)17-20/h2-3,8-10,19-20H,4-7H2,1H3,(H2,16,17). The molecule has 0 amide bonds. The summed E-state index contributed by atoms with van der Waals surface area (Å²) in [5.41, 5.74) is 7.26. The van der Waals surface area contributed by atoms with Crippen molar-refractivity contribution in [1.82, 2.24) is 0 Å². The van der Waals surface area contributed by atoms with Crippen LogP contribution in [0.4, 0.5) is 5.69 Å². The molecule has 6 heteroatoms. The zero-order chi connectivity index (χ0) is 14.7. The molecule has 1 aromatic rings. The van der Waals surface area contributed by atoms with E-state index in [2.05, 4.69) is 10.1 Å². The maximum absolute atomic E-state index is 9.65. The highest BCUT2D eigenvalue weighted by atomic mass is 35.5. The number of rotatable bonds is 3. The Labute approximate surface area is 123 Å². The van der Waals surface area contributed by atoms with E-state index >= 15 is 0 Å². The van der Waals surface area contributed by atoms with Gasteiger partial charge in [-0.25, -0.2) is 0 Å². The number of halogens is 1. The Morgan fingerprint density at radius 2 is 2.10 bits per heavy atom. The van der Waals surface area contributed by atoms with E-state index in [-0.39, 0.29) is 11.9 Å². The molecule has 2 rings (SSSR count). The van der Waals surface area contributed by atoms with Crippen molar-refractivity contribution < 1.29 is 10.3 Å². The topological polar surface area (TPSA) is 82.1 Å². The Hall–Kier alpha value is -1.46. The quantitative estimate of drug-likeness (QED) is 0.345. The molecule has 1 heterocycles. The van der Waals surface area contributed by atoms with Crippen LogP contribution in [0.5, 0.6) is 0 Å². The summed E-state index contributed by atoms with van der Waals surface area (Å²) in [4.78, 5) is 2.16. The molecule has 110 valence electrons. The minimum Gasteiger partial charge on any atom is -0.409 e. The summed E-state index contributed by atoms with van der Waals surface area (Å²) >= 11 is 6.05. The number of hydrogen-bond acceptors (Lipinski definition) is 4. The van der Waals surface area contributed by atoms with Gasteiger partial charge in [0.15, 0.2) is 5.84 Å². The molecule has 4 N–H and O–H groups in total. The Kier molecular flexibility index (Phi) is 4.73. The van der Waals surface area contributed by atoms with Crippen LogP contribution in [0.15, 0.2) is 23.4 Å². The lowest BCUT2D eigenvalue weighted by atomic mass is 9.91. The van der Waals surface area contributed by atoms with Crippen LogP contribution in [0.1, 0.15) is 25.3 Å². The van der Waals surface area contributed by atoms with Crippen LogP contribution in [0.3, 0.4) is 0 Å². The van der Waals surface area contributed by atoms with Gasteiger partial charge in [-0.1, -0.05) is 16.8 Å². The summed E-state index contributed by atoms with van der Waals surface area (Å²) in [6.07, 6.45) is 1.56. The molecule has 1 aliphatic rings. The molecule has 0 aromatic heterocycles. The summed E-state index contributed by atoms with van der Waals surface area (Å²) in [6.45, 7) is 3.48. The molecule has 0 bridgehead atoms. The van der Waals surface area contributed by atoms with E-state index < -0.39 is 0 Å². The maximum Gasteiger partial charge on any atom is 0.172 e. The molecular weight excluding hydrogens is 278 g/mol. The number of amidine groups is 1. The molecule has 0 spiro atoms. The molecule has 1 fully saturated rings. The Morgan fingerprint density at radius 3 is 2.65 bits per heavy atom. The SMILES string of the molecule is CC(O)C1CCN(c2cc(Cl)ccc2/C(N)=N/O)CC1. The summed E-state index contributed by atoms with van der Waals surface area (Å²) in [5.74, 6) is 0.409. The number of piperidine rings is 1. The van der Waals surface area contributed by atoms with Gasteiger partial charge in [-0.3, -0.25) is 0 Å². The van der Waals surface area contributed by atoms with E-state index in [0.717, 1.165) is 31.6 Å². The molecule has 1 aromatic carbocycles. The van der Waals surface area contributed by atoms with Crippen molar-refractivity contribution >= 4 is 23.1 Å². The van der Waals surface area contributed by atoms with Gasteiger partial charge in [-0.15, -0.1) is 0 Å². The van der Waals surface area contributed by atoms with Gasteiger partial charge in [0.25, 0.3) is 0 Å². The molecule has 0 radical (unpaired) electrons. The van der Waals surface area contributed by atoms with Crippen LogP contribution < -0.4 is 10.6 Å². The van der Waals surface area contributed by atoms with E-state index in [1.807, 2.05) is 13.0 Å². The van der Waals surface area contributed by atoms with Crippen LogP contribution in [-0.2, 0) is 0 Å². The number of oxime groups is 1. The lowest BCUT2D eigenvalue weighted by molar-refractivity contribution is 0.110. The first-order valence-corrected chi connectivity index (χ1v) is 7.11. The third-order valence-electron chi connectivity index (χ3n) is 3.91. The molecule has 20 heavy (non-hydrogen) atoms. The average molecular weight is 298 g/mol. The van der Waals surface area contributed by atoms with E-state index in [0.29, 0.717) is 16.5 Å². The second kappa shape index (κ2) is 6.33. The molecular formula is C14H20ClN3O2. The number of anilines is 1. The van der Waals surface area contributed by atoms with Crippen LogP contribution in [-0.4, -0.2) is 35.3 Å². The van der Waals surface area contributed by atoms with Crippen LogP contribution in [0, 0.1) is 5.92 Å². The normalized spacial score (nSPS) is 19.1. The number of aliphatic hydroxyl groups is 1. The zero-order valence-electron chi connectivity index (χ0n) is 11.5. The van der Waals surface area contributed by atoms with Crippen molar-refractivity contribution in [2.45, 2.75) is 25.9 Å². The Bertz CT molecular complexity index is 497. The maximum atomic E-state index is 9.65. The fourth-order valence-electron chi connectivity index (χ4n) is 2.66. The van der Waals surface area contributed by atoms with Crippen LogP contribution in [0.2, 0.25) is 5.02 Å². The van der Waals surface area contributed by atoms with Gasteiger partial charge < -0.3 is 20.9 Å². The highest BCUT2D eigenvalue weighted by Gasteiger charge is 2.24. The zero-order valence-corrected chi connectivity index (χ0v) is 12.2. The fourth-order valence-corrected chi connectivity index (χ4v) is 2.83. The molecule has 0 aliphatic carbocycles. The molecule has 0 saturated carbocycles. The highest BCUT2D eigenvalue weighted by molar-refractivity contribution is 6.31. The van der Waals surface area contributed by atoms with Gasteiger partial charge >= 0.3 is 0 Å². The monoisotopic (exact) mass is 297 g/mol. The predicted molar refractivity (Wildman–Crippen MR) is 80.6 cm³/mol. The van der Waals surface area contributed by atoms with Crippen LogP contribution in [0.25, 0.3) is 0 Å². The Morgan fingerprint density at radius 1 is 1.45 bits per heavy atom. The number of aliphatic hydroxyl groups excluding tert-OH is 1. The van der Waals surface area contributed by atoms with E-state index in [9.17, 15) is 5.11 Å². The smallest absolute Gasteiger partial charge is 0.172 e. The highest BCUT2D eigenvalue weighted by Crippen LogP contribution is 2.30. The van der Waals surface area contributed by atoms with Crippen molar-refractivity contribution in [2.75, 3.05) is 18.0 Å². The van der Waals surface area contributed by atoms with E-state index in [4.69, 9.17) is 22.5 Å². The minimum atomic E-state index is -0.278. The minimum absolute atomic E-state index is 0.0781. The van der Waals surface area contributed by atoms with Crippen molar-refractivity contribution in [2.24, 2.45) is 16.8 Å². The lowest BCUT2D eigenvalue weighted by Gasteiger charge is -2.35. The number of nitrogens with zero attached hydrogens (tertiary/aromatic N) is 2. The molecule has 1 unspecified atom stereocenters. The summed E-state index contributed by atoms with van der Waals surface area (Å²) < 4.78 is 0. The largest absolute Gasteiger partial charge is 0.409 e. The predicted octanol–water partition coefficient (Wildman–Crippen LogP) is 2.03. The fraction of sp³-hybridized carbons (Fsp3) is 0.500. The van der Waals surface area contributed by atoms with E-state index in [1.165, 1.54) is 0 Å². The van der Waals surface area contributed by atoms with Gasteiger partial charge in [0.1, 0.15) is 0 Å². The van der Waals surface area contributed by atoms with Gasteiger partial charge in [0, 0.05) is 29.4 Å². The van der Waals surface area contributed by atoms with Crippen molar-refractivity contribution in [3.63, 3.8) is 0 Å². The Balaban J connectivity index is 2.23. The van der Waals surface area contributed by atoms with Crippen molar-refractivity contribution in [3.05, 3.63) is 28.8 Å². The van der Waals surface area contributed by atoms with Gasteiger partial charge in [0.05, 0.1) is 6.10 Å². The van der Waals surface area contributed by atoms with Crippen molar-refractivity contribution in [3.8, 4) is 0 Å². The molecule has 1 atom stereocenters. The summed E-state index contributed by atoms with van der Waals surface area (Å²) in [6, 6.07) is 5.31. The first kappa shape index (κ1) is 14.9. The van der Waals surface area contributed by atoms with Gasteiger partial charge in [-0.05, 0) is 43.9 Å². The van der Waals surface area contributed by atoms with Crippen LogP contribution >= 0.6 is 11.6 Å². The van der Waals surface area contributed by atoms with Gasteiger partial charge in [0.2, 0.25) is 0 Å². The first-order chi connectivity index (χ1) is 9.52. The van der Waals surface area contributed by atoms with Crippen molar-refractivity contribution in [1.29, 1.82) is 0 Å². The third-order valence-corrected chi connectivity index (χ3v) is 4.14. The first-order valence-electron chi connectivity index (χ1n) is 6.73. The average Bonchev–Trinajstić information content (AvgIpc) is 2.46. The number of nitrogens with two attached hydrogens (primary N) is 1. The number of hydrogen-bond donors (Lipinski definition) is 3. The summed E-state index contributed by atoms with van der Waals surface area (Å²) in [7, 11) is 0. The summed E-state index contributed by atoms with van der Waals surface area (Å²) in [5, 5.41) is 22.2. The molecule has 1 aliphatic heterocycles. The van der Waals surface area contributed by atoms with Gasteiger partial charge in [-0.2, -0.15) is 0 Å². The molecule has 1 saturated heterocycles. The third kappa shape index (κ3) is 3.16. The second-order valence-electron chi connectivity index (χ2n) is 5.21. The van der Waals surface area contributed by atoms with E-state index in [1.54, 1.807) is 12.1 Å².